The molecule has 0 heterocycles. The smallest absolute Gasteiger partial charge is 0.146 e. The lowest BCUT2D eigenvalue weighted by atomic mass is 10.2. The number of halogens is 2. The van der Waals surface area contributed by atoms with Crippen LogP contribution in [0.5, 0.6) is 0 Å². The predicted molar refractivity (Wildman–Crippen MR) is 70.3 cm³/mol. The van der Waals surface area contributed by atoms with E-state index in [2.05, 4.69) is 0 Å². The minimum absolute atomic E-state index is 0.297. The first-order valence-electron chi connectivity index (χ1n) is 5.13. The van der Waals surface area contributed by atoms with E-state index >= 15 is 0 Å². The van der Waals surface area contributed by atoms with Crippen LogP contribution in [0.1, 0.15) is 0 Å². The summed E-state index contributed by atoms with van der Waals surface area (Å²) in [6, 6.07) is 11.6. The van der Waals surface area contributed by atoms with E-state index in [1.54, 1.807) is 48.3 Å². The van der Waals surface area contributed by atoms with Crippen molar-refractivity contribution < 1.29 is 4.39 Å². The van der Waals surface area contributed by atoms with Crippen molar-refractivity contribution in [2.75, 3.05) is 17.7 Å². The average Bonchev–Trinajstić information content (AvgIpc) is 2.32. The van der Waals surface area contributed by atoms with Crippen molar-refractivity contribution in [3.63, 3.8) is 0 Å². The number of hydrogen-bond donors (Lipinski definition) is 1. The molecule has 2 rings (SSSR count). The number of hydrogen-bond acceptors (Lipinski definition) is 2. The van der Waals surface area contributed by atoms with Gasteiger partial charge in [-0.15, -0.1) is 0 Å². The second kappa shape index (κ2) is 4.63. The van der Waals surface area contributed by atoms with Crippen molar-refractivity contribution >= 4 is 28.7 Å². The van der Waals surface area contributed by atoms with E-state index in [-0.39, 0.29) is 5.82 Å². The van der Waals surface area contributed by atoms with Crippen LogP contribution in [0, 0.1) is 5.82 Å². The van der Waals surface area contributed by atoms with Gasteiger partial charge in [-0.25, -0.2) is 4.39 Å². The molecule has 88 valence electrons. The van der Waals surface area contributed by atoms with Crippen LogP contribution in [-0.4, -0.2) is 7.05 Å². The third-order valence-corrected chi connectivity index (χ3v) is 2.80. The summed E-state index contributed by atoms with van der Waals surface area (Å²) in [6.45, 7) is 0. The number of rotatable bonds is 2. The molecule has 17 heavy (non-hydrogen) atoms. The second-order valence-electron chi connectivity index (χ2n) is 3.71. The Morgan fingerprint density at radius 1 is 1.12 bits per heavy atom. The van der Waals surface area contributed by atoms with Gasteiger partial charge in [-0.05, 0) is 30.3 Å². The molecule has 4 heteroatoms. The molecule has 0 saturated carbocycles. The van der Waals surface area contributed by atoms with Crippen molar-refractivity contribution in [2.45, 2.75) is 0 Å². The molecule has 0 aliphatic rings. The number of para-hydroxylation sites is 1. The molecule has 0 aliphatic heterocycles. The molecule has 0 spiro atoms. The van der Waals surface area contributed by atoms with Crippen LogP contribution < -0.4 is 10.6 Å². The van der Waals surface area contributed by atoms with E-state index in [0.717, 1.165) is 0 Å². The molecule has 0 saturated heterocycles. The topological polar surface area (TPSA) is 29.3 Å². The number of nitrogens with two attached hydrogens (primary N) is 1. The van der Waals surface area contributed by atoms with E-state index in [1.165, 1.54) is 6.07 Å². The van der Waals surface area contributed by atoms with Gasteiger partial charge in [0.1, 0.15) is 5.82 Å². The first-order valence-corrected chi connectivity index (χ1v) is 5.50. The van der Waals surface area contributed by atoms with Gasteiger partial charge in [-0.1, -0.05) is 23.7 Å². The summed E-state index contributed by atoms with van der Waals surface area (Å²) in [4.78, 5) is 1.68. The SMILES string of the molecule is CN(c1cc(Cl)ccc1N)c1ccccc1F. The zero-order valence-electron chi connectivity index (χ0n) is 9.32. The Morgan fingerprint density at radius 3 is 2.53 bits per heavy atom. The molecule has 2 N–H and O–H groups in total. The largest absolute Gasteiger partial charge is 0.397 e. The Balaban J connectivity index is 2.47. The quantitative estimate of drug-likeness (QED) is 0.821. The van der Waals surface area contributed by atoms with Crippen molar-refractivity contribution in [1.29, 1.82) is 0 Å². The zero-order valence-corrected chi connectivity index (χ0v) is 10.1. The normalized spacial score (nSPS) is 10.3. The maximum absolute atomic E-state index is 13.6. The maximum atomic E-state index is 13.6. The summed E-state index contributed by atoms with van der Waals surface area (Å²) in [7, 11) is 1.75. The fourth-order valence-corrected chi connectivity index (χ4v) is 1.83. The van der Waals surface area contributed by atoms with Crippen LogP contribution in [0.2, 0.25) is 5.02 Å². The Labute approximate surface area is 104 Å². The second-order valence-corrected chi connectivity index (χ2v) is 4.15. The molecule has 2 nitrogen and oxygen atoms in total. The Hall–Kier alpha value is -1.74. The number of anilines is 3. The van der Waals surface area contributed by atoms with Gasteiger partial charge in [0.15, 0.2) is 0 Å². The van der Waals surface area contributed by atoms with Crippen LogP contribution in [0.25, 0.3) is 0 Å². The molecule has 0 radical (unpaired) electrons. The number of benzene rings is 2. The first-order chi connectivity index (χ1) is 8.09. The third kappa shape index (κ3) is 2.34. The van der Waals surface area contributed by atoms with Crippen LogP contribution in [0.4, 0.5) is 21.5 Å². The van der Waals surface area contributed by atoms with Gasteiger partial charge in [0.05, 0.1) is 17.1 Å². The summed E-state index contributed by atoms with van der Waals surface area (Å²) in [6.07, 6.45) is 0. The lowest BCUT2D eigenvalue weighted by Crippen LogP contribution is -2.13. The molecule has 0 atom stereocenters. The van der Waals surface area contributed by atoms with Gasteiger partial charge in [0.2, 0.25) is 0 Å². The van der Waals surface area contributed by atoms with Crippen molar-refractivity contribution in [2.24, 2.45) is 0 Å². The average molecular weight is 251 g/mol. The maximum Gasteiger partial charge on any atom is 0.146 e. The third-order valence-electron chi connectivity index (χ3n) is 2.57. The van der Waals surface area contributed by atoms with Gasteiger partial charge in [-0.2, -0.15) is 0 Å². The van der Waals surface area contributed by atoms with Gasteiger partial charge in [-0.3, -0.25) is 0 Å². The molecule has 0 bridgehead atoms. The van der Waals surface area contributed by atoms with Gasteiger partial charge >= 0.3 is 0 Å². The minimum atomic E-state index is -0.297. The van der Waals surface area contributed by atoms with Gasteiger partial charge in [0, 0.05) is 12.1 Å². The zero-order chi connectivity index (χ0) is 12.4. The molecule has 2 aromatic carbocycles. The molecule has 0 fully saturated rings. The summed E-state index contributed by atoms with van der Waals surface area (Å²) < 4.78 is 13.6. The molecule has 0 unspecified atom stereocenters. The van der Waals surface area contributed by atoms with Crippen molar-refractivity contribution in [1.82, 2.24) is 0 Å². The highest BCUT2D eigenvalue weighted by Crippen LogP contribution is 2.32. The molecule has 0 aliphatic carbocycles. The van der Waals surface area contributed by atoms with E-state index in [0.29, 0.717) is 22.1 Å². The number of nitrogens with zero attached hydrogens (tertiary/aromatic N) is 1. The minimum Gasteiger partial charge on any atom is -0.397 e. The van der Waals surface area contributed by atoms with Crippen LogP contribution in [0.15, 0.2) is 42.5 Å². The Kier molecular flexibility index (Phi) is 3.20. The molecular weight excluding hydrogens is 239 g/mol. The lowest BCUT2D eigenvalue weighted by Gasteiger charge is -2.21. The summed E-state index contributed by atoms with van der Waals surface area (Å²) in [5.41, 5.74) is 7.55. The number of nitrogen functional groups attached to an aromatic ring is 1. The van der Waals surface area contributed by atoms with Crippen molar-refractivity contribution in [3.8, 4) is 0 Å². The molecular formula is C13H12ClFN2. The molecule has 2 aromatic rings. The molecule has 0 aromatic heterocycles. The summed E-state index contributed by atoms with van der Waals surface area (Å²) in [5, 5.41) is 0.567. The van der Waals surface area contributed by atoms with E-state index < -0.39 is 0 Å². The first kappa shape index (κ1) is 11.7. The summed E-state index contributed by atoms with van der Waals surface area (Å²) >= 11 is 5.91. The highest BCUT2D eigenvalue weighted by Gasteiger charge is 2.11. The van der Waals surface area contributed by atoms with Crippen LogP contribution in [0.3, 0.4) is 0 Å². The van der Waals surface area contributed by atoms with E-state index in [4.69, 9.17) is 17.3 Å². The lowest BCUT2D eigenvalue weighted by molar-refractivity contribution is 0.627. The Bertz CT molecular complexity index is 543. The Morgan fingerprint density at radius 2 is 1.82 bits per heavy atom. The standard InChI is InChI=1S/C13H12ClFN2/c1-17(12-5-3-2-4-10(12)15)13-8-9(14)6-7-11(13)16/h2-8H,16H2,1H3. The van der Waals surface area contributed by atoms with Crippen LogP contribution in [-0.2, 0) is 0 Å². The highest BCUT2D eigenvalue weighted by atomic mass is 35.5. The predicted octanol–water partition coefficient (Wildman–Crippen LogP) is 3.83. The monoisotopic (exact) mass is 250 g/mol. The fraction of sp³-hybridized carbons (Fsp3) is 0.0769. The van der Waals surface area contributed by atoms with E-state index in [1.807, 2.05) is 0 Å². The van der Waals surface area contributed by atoms with Crippen LogP contribution >= 0.6 is 11.6 Å². The van der Waals surface area contributed by atoms with Gasteiger partial charge in [0.25, 0.3) is 0 Å². The molecule has 0 amide bonds. The van der Waals surface area contributed by atoms with E-state index in [9.17, 15) is 4.39 Å². The summed E-state index contributed by atoms with van der Waals surface area (Å²) in [5.74, 6) is -0.297. The van der Waals surface area contributed by atoms with Gasteiger partial charge < -0.3 is 10.6 Å². The highest BCUT2D eigenvalue weighted by molar-refractivity contribution is 6.31. The fourth-order valence-electron chi connectivity index (χ4n) is 1.66. The van der Waals surface area contributed by atoms with Crippen molar-refractivity contribution in [3.05, 3.63) is 53.3 Å².